The van der Waals surface area contributed by atoms with E-state index >= 15 is 0 Å². The number of benzene rings is 1. The van der Waals surface area contributed by atoms with E-state index in [-0.39, 0.29) is 11.8 Å². The molecule has 1 fully saturated rings. The van der Waals surface area contributed by atoms with Crippen molar-refractivity contribution < 1.29 is 14.7 Å². The Morgan fingerprint density at radius 1 is 1.14 bits per heavy atom. The highest BCUT2D eigenvalue weighted by molar-refractivity contribution is 5.78. The van der Waals surface area contributed by atoms with Gasteiger partial charge in [0, 0.05) is 19.5 Å². The first-order valence-corrected chi connectivity index (χ1v) is 8.23. The van der Waals surface area contributed by atoms with Crippen molar-refractivity contribution in [3.05, 3.63) is 35.4 Å². The van der Waals surface area contributed by atoms with Crippen LogP contribution in [-0.4, -0.2) is 35.0 Å². The van der Waals surface area contributed by atoms with Gasteiger partial charge in [-0.3, -0.25) is 9.59 Å². The molecule has 1 N–H and O–H groups in total. The Balaban J connectivity index is 1.60. The molecule has 0 bridgehead atoms. The molecule has 3 rings (SSSR count). The number of carboxylic acid groups (broad SMARTS) is 1. The summed E-state index contributed by atoms with van der Waals surface area (Å²) in [7, 11) is 0. The van der Waals surface area contributed by atoms with Crippen LogP contribution in [0.3, 0.4) is 0 Å². The van der Waals surface area contributed by atoms with E-state index in [9.17, 15) is 9.59 Å². The Kier molecular flexibility index (Phi) is 4.46. The molecule has 0 radical (unpaired) electrons. The van der Waals surface area contributed by atoms with Crippen LogP contribution in [0.2, 0.25) is 0 Å². The number of aliphatic carboxylic acids is 1. The van der Waals surface area contributed by atoms with Crippen molar-refractivity contribution in [1.82, 2.24) is 4.90 Å². The number of carbonyl (C=O) groups is 2. The lowest BCUT2D eigenvalue weighted by Crippen LogP contribution is -2.40. The molecule has 1 aliphatic carbocycles. The summed E-state index contributed by atoms with van der Waals surface area (Å²) in [5.41, 5.74) is 2.72. The van der Waals surface area contributed by atoms with E-state index in [1.165, 1.54) is 11.1 Å². The number of fused-ring (bicyclic) bond motifs is 1. The van der Waals surface area contributed by atoms with Gasteiger partial charge in [0.25, 0.3) is 0 Å². The topological polar surface area (TPSA) is 57.6 Å². The van der Waals surface area contributed by atoms with Gasteiger partial charge in [-0.15, -0.1) is 0 Å². The largest absolute Gasteiger partial charge is 0.481 e. The minimum atomic E-state index is -0.728. The molecular formula is C18H23NO3. The highest BCUT2D eigenvalue weighted by atomic mass is 16.4. The highest BCUT2D eigenvalue weighted by Crippen LogP contribution is 2.34. The number of piperidine rings is 1. The second-order valence-electron chi connectivity index (χ2n) is 6.49. The molecule has 0 spiro atoms. The number of rotatable bonds is 3. The van der Waals surface area contributed by atoms with Gasteiger partial charge in [0.2, 0.25) is 5.91 Å². The summed E-state index contributed by atoms with van der Waals surface area (Å²) in [6.07, 6.45) is 5.08. The summed E-state index contributed by atoms with van der Waals surface area (Å²) >= 11 is 0. The molecule has 118 valence electrons. The molecule has 4 heteroatoms. The van der Waals surface area contributed by atoms with Crippen molar-refractivity contribution in [3.63, 3.8) is 0 Å². The molecule has 1 saturated heterocycles. The predicted octanol–water partition coefficient (Wildman–Crippen LogP) is 2.82. The molecule has 1 aromatic carbocycles. The fourth-order valence-corrected chi connectivity index (χ4v) is 3.78. The summed E-state index contributed by atoms with van der Waals surface area (Å²) in [6.45, 7) is 1.17. The Morgan fingerprint density at radius 2 is 1.86 bits per heavy atom. The van der Waals surface area contributed by atoms with Gasteiger partial charge >= 0.3 is 5.97 Å². The van der Waals surface area contributed by atoms with E-state index in [1.807, 2.05) is 4.90 Å². The number of hydrogen-bond acceptors (Lipinski definition) is 2. The van der Waals surface area contributed by atoms with Gasteiger partial charge in [0.05, 0.1) is 5.92 Å². The van der Waals surface area contributed by atoms with Crippen LogP contribution in [0.5, 0.6) is 0 Å². The van der Waals surface area contributed by atoms with Crippen molar-refractivity contribution in [2.75, 3.05) is 13.1 Å². The molecule has 22 heavy (non-hydrogen) atoms. The lowest BCUT2D eigenvalue weighted by Gasteiger charge is -2.32. The van der Waals surface area contributed by atoms with Crippen molar-refractivity contribution in [1.29, 1.82) is 0 Å². The number of hydrogen-bond donors (Lipinski definition) is 1. The number of aryl methyl sites for hydroxylation is 1. The van der Waals surface area contributed by atoms with Gasteiger partial charge in [-0.1, -0.05) is 24.3 Å². The maximum absolute atomic E-state index is 12.5. The smallest absolute Gasteiger partial charge is 0.306 e. The summed E-state index contributed by atoms with van der Waals surface area (Å²) in [6, 6.07) is 8.45. The van der Waals surface area contributed by atoms with Crippen LogP contribution in [-0.2, 0) is 16.0 Å². The van der Waals surface area contributed by atoms with Gasteiger partial charge in [-0.2, -0.15) is 0 Å². The second-order valence-corrected chi connectivity index (χ2v) is 6.49. The minimum Gasteiger partial charge on any atom is -0.481 e. The average Bonchev–Trinajstić information content (AvgIpc) is 2.55. The van der Waals surface area contributed by atoms with E-state index in [2.05, 4.69) is 24.3 Å². The van der Waals surface area contributed by atoms with Gasteiger partial charge in [-0.25, -0.2) is 0 Å². The monoisotopic (exact) mass is 301 g/mol. The molecule has 0 saturated carbocycles. The average molecular weight is 301 g/mol. The Hall–Kier alpha value is -1.84. The van der Waals surface area contributed by atoms with E-state index in [0.717, 1.165) is 19.3 Å². The number of carboxylic acids is 1. The van der Waals surface area contributed by atoms with Crippen molar-refractivity contribution in [2.45, 2.75) is 44.4 Å². The normalized spacial score (nSPS) is 22.2. The predicted molar refractivity (Wildman–Crippen MR) is 83.7 cm³/mol. The quantitative estimate of drug-likeness (QED) is 0.934. The van der Waals surface area contributed by atoms with Gasteiger partial charge in [-0.05, 0) is 49.1 Å². The summed E-state index contributed by atoms with van der Waals surface area (Å²) in [5, 5.41) is 9.03. The third-order valence-electron chi connectivity index (χ3n) is 5.11. The summed E-state index contributed by atoms with van der Waals surface area (Å²) < 4.78 is 0. The first kappa shape index (κ1) is 15.1. The van der Waals surface area contributed by atoms with E-state index in [1.54, 1.807) is 0 Å². The molecule has 1 heterocycles. The maximum atomic E-state index is 12.5. The zero-order chi connectivity index (χ0) is 15.5. The van der Waals surface area contributed by atoms with E-state index in [4.69, 9.17) is 5.11 Å². The number of likely N-dealkylation sites (tertiary alicyclic amines) is 1. The van der Waals surface area contributed by atoms with Crippen LogP contribution in [0.4, 0.5) is 0 Å². The lowest BCUT2D eigenvalue weighted by atomic mass is 9.81. The zero-order valence-corrected chi connectivity index (χ0v) is 12.8. The third kappa shape index (κ3) is 3.16. The van der Waals surface area contributed by atoms with Crippen LogP contribution >= 0.6 is 0 Å². The van der Waals surface area contributed by atoms with Crippen LogP contribution < -0.4 is 0 Å². The number of amides is 1. The Bertz CT molecular complexity index is 561. The van der Waals surface area contributed by atoms with Crippen molar-refractivity contribution in [3.8, 4) is 0 Å². The fourth-order valence-electron chi connectivity index (χ4n) is 3.78. The molecule has 2 aliphatic rings. The van der Waals surface area contributed by atoms with E-state index in [0.29, 0.717) is 38.3 Å². The summed E-state index contributed by atoms with van der Waals surface area (Å²) in [5.74, 6) is -0.493. The maximum Gasteiger partial charge on any atom is 0.306 e. The molecule has 1 aliphatic heterocycles. The SMILES string of the molecule is O=C(O)C1CCN(C(=O)CC2CCCc3ccccc32)CC1. The van der Waals surface area contributed by atoms with Gasteiger partial charge in [0.1, 0.15) is 0 Å². The van der Waals surface area contributed by atoms with Gasteiger partial charge < -0.3 is 10.0 Å². The molecule has 1 aromatic rings. The van der Waals surface area contributed by atoms with Crippen LogP contribution in [0.25, 0.3) is 0 Å². The zero-order valence-electron chi connectivity index (χ0n) is 12.8. The molecule has 4 nitrogen and oxygen atoms in total. The van der Waals surface area contributed by atoms with E-state index < -0.39 is 5.97 Å². The van der Waals surface area contributed by atoms with Crippen LogP contribution in [0.15, 0.2) is 24.3 Å². The van der Waals surface area contributed by atoms with Crippen molar-refractivity contribution >= 4 is 11.9 Å². The van der Waals surface area contributed by atoms with Crippen LogP contribution in [0, 0.1) is 5.92 Å². The molecule has 1 amide bonds. The van der Waals surface area contributed by atoms with Crippen molar-refractivity contribution in [2.24, 2.45) is 5.92 Å². The fraction of sp³-hybridized carbons (Fsp3) is 0.556. The first-order chi connectivity index (χ1) is 10.6. The minimum absolute atomic E-state index is 0.186. The van der Waals surface area contributed by atoms with Gasteiger partial charge in [0.15, 0.2) is 0 Å². The highest BCUT2D eigenvalue weighted by Gasteiger charge is 2.29. The first-order valence-electron chi connectivity index (χ1n) is 8.23. The second kappa shape index (κ2) is 6.51. The standard InChI is InChI=1S/C18H23NO3/c20-17(19-10-8-14(9-11-19)18(21)22)12-15-6-3-5-13-4-1-2-7-16(13)15/h1-2,4,7,14-15H,3,5-6,8-12H2,(H,21,22). The Morgan fingerprint density at radius 3 is 2.59 bits per heavy atom. The Labute approximate surface area is 131 Å². The molecule has 1 atom stereocenters. The lowest BCUT2D eigenvalue weighted by molar-refractivity contribution is -0.145. The number of carbonyl (C=O) groups excluding carboxylic acids is 1. The molecule has 0 aromatic heterocycles. The third-order valence-corrected chi connectivity index (χ3v) is 5.11. The summed E-state index contributed by atoms with van der Waals surface area (Å²) in [4.78, 5) is 25.4. The molecule has 1 unspecified atom stereocenters. The van der Waals surface area contributed by atoms with Crippen LogP contribution in [0.1, 0.15) is 49.1 Å². The molecular weight excluding hydrogens is 278 g/mol. The number of nitrogens with zero attached hydrogens (tertiary/aromatic N) is 1.